The molecule has 1 aromatic rings. The minimum atomic E-state index is -0.191. The van der Waals surface area contributed by atoms with Crippen molar-refractivity contribution in [3.8, 4) is 0 Å². The van der Waals surface area contributed by atoms with E-state index in [1.54, 1.807) is 11.1 Å². The van der Waals surface area contributed by atoms with Crippen LogP contribution in [0.3, 0.4) is 0 Å². The van der Waals surface area contributed by atoms with Gasteiger partial charge in [-0.15, -0.1) is 0 Å². The molecular formula is C20H28N4O2. The molecule has 6 nitrogen and oxygen atoms in total. The van der Waals surface area contributed by atoms with Gasteiger partial charge in [-0.05, 0) is 25.0 Å². The highest BCUT2D eigenvalue weighted by Crippen LogP contribution is 2.26. The zero-order valence-corrected chi connectivity index (χ0v) is 15.3. The number of pyridine rings is 1. The summed E-state index contributed by atoms with van der Waals surface area (Å²) in [6.45, 7) is 4.60. The van der Waals surface area contributed by atoms with E-state index in [9.17, 15) is 9.59 Å². The lowest BCUT2D eigenvalue weighted by molar-refractivity contribution is -0.137. The molecule has 26 heavy (non-hydrogen) atoms. The highest BCUT2D eigenvalue weighted by Gasteiger charge is 2.38. The fraction of sp³-hybridized carbons (Fsp3) is 0.650. The van der Waals surface area contributed by atoms with Crippen LogP contribution in [0.5, 0.6) is 0 Å². The Hall–Kier alpha value is -1.95. The van der Waals surface area contributed by atoms with Crippen molar-refractivity contribution in [3.63, 3.8) is 0 Å². The monoisotopic (exact) mass is 356 g/mol. The zero-order chi connectivity index (χ0) is 17.9. The van der Waals surface area contributed by atoms with Crippen LogP contribution in [0.2, 0.25) is 0 Å². The van der Waals surface area contributed by atoms with Crippen molar-refractivity contribution in [2.45, 2.75) is 44.7 Å². The van der Waals surface area contributed by atoms with Crippen LogP contribution in [-0.4, -0.2) is 70.3 Å². The Labute approximate surface area is 155 Å². The molecule has 2 amide bonds. The molecule has 1 aliphatic carbocycles. The summed E-state index contributed by atoms with van der Waals surface area (Å²) in [6, 6.07) is 6.45. The molecule has 3 heterocycles. The van der Waals surface area contributed by atoms with Gasteiger partial charge in [0.15, 0.2) is 0 Å². The van der Waals surface area contributed by atoms with E-state index >= 15 is 0 Å². The standard InChI is InChI=1S/C20H28N4O2/c25-19-13-16(14-24(19)15-17-5-3-4-8-21-17)20(26)23-11-9-22(10-12-23)18-6-1-2-7-18/h3-5,8,16,18H,1-2,6-7,9-15H2. The topological polar surface area (TPSA) is 56.8 Å². The summed E-state index contributed by atoms with van der Waals surface area (Å²) in [6.07, 6.45) is 7.40. The summed E-state index contributed by atoms with van der Waals surface area (Å²) in [4.78, 5) is 35.8. The molecule has 3 aliphatic rings. The van der Waals surface area contributed by atoms with Crippen molar-refractivity contribution in [1.29, 1.82) is 0 Å². The smallest absolute Gasteiger partial charge is 0.228 e. The van der Waals surface area contributed by atoms with Gasteiger partial charge in [0.05, 0.1) is 18.2 Å². The molecule has 0 bridgehead atoms. The van der Waals surface area contributed by atoms with Gasteiger partial charge in [0.25, 0.3) is 0 Å². The molecule has 0 radical (unpaired) electrons. The maximum Gasteiger partial charge on any atom is 0.228 e. The van der Waals surface area contributed by atoms with Crippen molar-refractivity contribution in [2.75, 3.05) is 32.7 Å². The van der Waals surface area contributed by atoms with Crippen LogP contribution in [0.25, 0.3) is 0 Å². The van der Waals surface area contributed by atoms with E-state index in [0.29, 0.717) is 19.5 Å². The summed E-state index contributed by atoms with van der Waals surface area (Å²) in [5.74, 6) is 0.0378. The summed E-state index contributed by atoms with van der Waals surface area (Å²) in [7, 11) is 0. The SMILES string of the molecule is O=C1CC(C(=O)N2CCN(C3CCCC3)CC2)CN1Cc1ccccn1. The van der Waals surface area contributed by atoms with Crippen LogP contribution in [0, 0.1) is 5.92 Å². The van der Waals surface area contributed by atoms with E-state index in [1.165, 1.54) is 25.7 Å². The Bertz CT molecular complexity index is 636. The summed E-state index contributed by atoms with van der Waals surface area (Å²) in [5, 5.41) is 0. The van der Waals surface area contributed by atoms with Crippen LogP contribution >= 0.6 is 0 Å². The zero-order valence-electron chi connectivity index (χ0n) is 15.3. The van der Waals surface area contributed by atoms with Gasteiger partial charge >= 0.3 is 0 Å². The fourth-order valence-corrected chi connectivity index (χ4v) is 4.61. The number of aromatic nitrogens is 1. The molecule has 0 spiro atoms. The summed E-state index contributed by atoms with van der Waals surface area (Å²) >= 11 is 0. The fourth-order valence-electron chi connectivity index (χ4n) is 4.61. The third kappa shape index (κ3) is 3.75. The first-order valence-corrected chi connectivity index (χ1v) is 9.91. The Morgan fingerprint density at radius 3 is 2.58 bits per heavy atom. The number of hydrogen-bond acceptors (Lipinski definition) is 4. The van der Waals surface area contributed by atoms with E-state index in [-0.39, 0.29) is 17.7 Å². The molecular weight excluding hydrogens is 328 g/mol. The second-order valence-corrected chi connectivity index (χ2v) is 7.80. The van der Waals surface area contributed by atoms with Gasteiger partial charge < -0.3 is 9.80 Å². The number of hydrogen-bond donors (Lipinski definition) is 0. The largest absolute Gasteiger partial charge is 0.340 e. The average molecular weight is 356 g/mol. The van der Waals surface area contributed by atoms with E-state index in [1.807, 2.05) is 23.1 Å². The molecule has 1 unspecified atom stereocenters. The third-order valence-corrected chi connectivity index (χ3v) is 6.11. The van der Waals surface area contributed by atoms with Gasteiger partial charge in [-0.1, -0.05) is 18.9 Å². The molecule has 6 heteroatoms. The van der Waals surface area contributed by atoms with Crippen LogP contribution in [0.1, 0.15) is 37.8 Å². The van der Waals surface area contributed by atoms with Crippen LogP contribution in [-0.2, 0) is 16.1 Å². The number of amides is 2. The van der Waals surface area contributed by atoms with Crippen molar-refractivity contribution in [2.24, 2.45) is 5.92 Å². The Morgan fingerprint density at radius 1 is 1.12 bits per heavy atom. The Balaban J connectivity index is 1.29. The maximum absolute atomic E-state index is 12.9. The van der Waals surface area contributed by atoms with E-state index in [0.717, 1.165) is 37.9 Å². The maximum atomic E-state index is 12.9. The molecule has 1 atom stereocenters. The lowest BCUT2D eigenvalue weighted by Gasteiger charge is -2.38. The first-order valence-electron chi connectivity index (χ1n) is 9.91. The number of nitrogens with zero attached hydrogens (tertiary/aromatic N) is 4. The number of rotatable bonds is 4. The quantitative estimate of drug-likeness (QED) is 0.821. The first-order chi connectivity index (χ1) is 12.7. The third-order valence-electron chi connectivity index (χ3n) is 6.11. The van der Waals surface area contributed by atoms with Crippen molar-refractivity contribution in [1.82, 2.24) is 19.7 Å². The summed E-state index contributed by atoms with van der Waals surface area (Å²) < 4.78 is 0. The molecule has 140 valence electrons. The number of likely N-dealkylation sites (tertiary alicyclic amines) is 1. The predicted molar refractivity (Wildman–Crippen MR) is 98.2 cm³/mol. The number of piperazine rings is 1. The molecule has 1 saturated carbocycles. The molecule has 2 aliphatic heterocycles. The second kappa shape index (κ2) is 7.74. The number of carbonyl (C=O) groups excluding carboxylic acids is 2. The Morgan fingerprint density at radius 2 is 1.88 bits per heavy atom. The van der Waals surface area contributed by atoms with Gasteiger partial charge in [-0.25, -0.2) is 0 Å². The first kappa shape index (κ1) is 17.5. The molecule has 3 fully saturated rings. The van der Waals surface area contributed by atoms with Crippen molar-refractivity contribution >= 4 is 11.8 Å². The molecule has 1 aromatic heterocycles. The van der Waals surface area contributed by atoms with E-state index in [2.05, 4.69) is 9.88 Å². The molecule has 0 N–H and O–H groups in total. The van der Waals surface area contributed by atoms with E-state index in [4.69, 9.17) is 0 Å². The Kier molecular flexibility index (Phi) is 5.20. The van der Waals surface area contributed by atoms with E-state index < -0.39 is 0 Å². The van der Waals surface area contributed by atoms with Crippen LogP contribution < -0.4 is 0 Å². The normalized spacial score (nSPS) is 25.2. The van der Waals surface area contributed by atoms with Gasteiger partial charge in [0.1, 0.15) is 0 Å². The highest BCUT2D eigenvalue weighted by atomic mass is 16.2. The van der Waals surface area contributed by atoms with Gasteiger partial charge in [0, 0.05) is 51.4 Å². The predicted octanol–water partition coefficient (Wildman–Crippen LogP) is 1.52. The van der Waals surface area contributed by atoms with Crippen LogP contribution in [0.15, 0.2) is 24.4 Å². The second-order valence-electron chi connectivity index (χ2n) is 7.80. The average Bonchev–Trinajstić information content (AvgIpc) is 3.33. The molecule has 4 rings (SSSR count). The van der Waals surface area contributed by atoms with Gasteiger partial charge in [-0.3, -0.25) is 19.5 Å². The van der Waals surface area contributed by atoms with Crippen molar-refractivity contribution in [3.05, 3.63) is 30.1 Å². The summed E-state index contributed by atoms with van der Waals surface area (Å²) in [5.41, 5.74) is 0.874. The minimum absolute atomic E-state index is 0.0681. The minimum Gasteiger partial charge on any atom is -0.340 e. The number of carbonyl (C=O) groups is 2. The van der Waals surface area contributed by atoms with Crippen molar-refractivity contribution < 1.29 is 9.59 Å². The highest BCUT2D eigenvalue weighted by molar-refractivity contribution is 5.89. The van der Waals surface area contributed by atoms with Gasteiger partial charge in [-0.2, -0.15) is 0 Å². The van der Waals surface area contributed by atoms with Gasteiger partial charge in [0.2, 0.25) is 11.8 Å². The van der Waals surface area contributed by atoms with Crippen LogP contribution in [0.4, 0.5) is 0 Å². The lowest BCUT2D eigenvalue weighted by Crippen LogP contribution is -2.52. The lowest BCUT2D eigenvalue weighted by atomic mass is 10.1. The molecule has 0 aromatic carbocycles. The molecule has 2 saturated heterocycles.